The van der Waals surface area contributed by atoms with Crippen LogP contribution in [0.5, 0.6) is 5.75 Å². The molecule has 0 aliphatic carbocycles. The average Bonchev–Trinajstić information content (AvgIpc) is 3.11. The third-order valence-electron chi connectivity index (χ3n) is 3.66. The Kier molecular flexibility index (Phi) is 5.08. The molecule has 9 heteroatoms. The van der Waals surface area contributed by atoms with Gasteiger partial charge in [-0.2, -0.15) is 5.10 Å². The van der Waals surface area contributed by atoms with Crippen LogP contribution in [-0.4, -0.2) is 36.5 Å². The average molecular weight is 373 g/mol. The predicted octanol–water partition coefficient (Wildman–Crippen LogP) is 2.99. The molecule has 2 heterocycles. The van der Waals surface area contributed by atoms with Crippen LogP contribution in [0.1, 0.15) is 6.92 Å². The molecule has 0 saturated heterocycles. The Hall–Kier alpha value is -3.07. The fourth-order valence-corrected chi connectivity index (χ4v) is 2.85. The van der Waals surface area contributed by atoms with Gasteiger partial charge in [-0.3, -0.25) is 9.82 Å². The Bertz CT molecular complexity index is 966. The molecule has 0 radical (unpaired) electrons. The number of nitrogens with one attached hydrogen (secondary N) is 3. The highest BCUT2D eigenvalue weighted by molar-refractivity contribution is 7.92. The number of H-pyrrole nitrogens is 1. The molecule has 0 aliphatic rings. The molecule has 0 amide bonds. The topological polar surface area (TPSA) is 109 Å². The van der Waals surface area contributed by atoms with E-state index < -0.39 is 10.0 Å². The first-order valence-corrected chi connectivity index (χ1v) is 9.57. The van der Waals surface area contributed by atoms with Gasteiger partial charge >= 0.3 is 0 Å². The zero-order valence-electron chi connectivity index (χ0n) is 14.4. The lowest BCUT2D eigenvalue weighted by Gasteiger charge is -2.06. The Morgan fingerprint density at radius 2 is 1.88 bits per heavy atom. The maximum absolute atomic E-state index is 11.6. The standard InChI is InChI=1S/C17H19N5O3S/c1-3-26(23,24)22-13-6-4-12(5-7-13)15-10-17(21-20-15)19-16-9-8-14(25-2)11-18-16/h4-11,22H,3H2,1-2H3,(H2,18,19,20,21). The van der Waals surface area contributed by atoms with E-state index in [4.69, 9.17) is 4.74 Å². The van der Waals surface area contributed by atoms with Crippen LogP contribution in [-0.2, 0) is 10.0 Å². The van der Waals surface area contributed by atoms with Crippen molar-refractivity contribution < 1.29 is 13.2 Å². The molecule has 0 atom stereocenters. The molecular formula is C17H19N5O3S. The van der Waals surface area contributed by atoms with Crippen molar-refractivity contribution in [2.75, 3.05) is 22.9 Å². The van der Waals surface area contributed by atoms with Crippen molar-refractivity contribution in [3.8, 4) is 17.0 Å². The second-order valence-electron chi connectivity index (χ2n) is 5.46. The number of anilines is 3. The number of ether oxygens (including phenoxy) is 1. The highest BCUT2D eigenvalue weighted by atomic mass is 32.2. The maximum atomic E-state index is 11.6. The van der Waals surface area contributed by atoms with E-state index in [9.17, 15) is 8.42 Å². The van der Waals surface area contributed by atoms with E-state index >= 15 is 0 Å². The third kappa shape index (κ3) is 4.31. The molecule has 0 bridgehead atoms. The quantitative estimate of drug-likeness (QED) is 0.587. The van der Waals surface area contributed by atoms with Crippen molar-refractivity contribution in [1.29, 1.82) is 0 Å². The fourth-order valence-electron chi connectivity index (χ4n) is 2.21. The minimum Gasteiger partial charge on any atom is -0.495 e. The van der Waals surface area contributed by atoms with Gasteiger partial charge in [-0.05, 0) is 36.8 Å². The van der Waals surface area contributed by atoms with Gasteiger partial charge in [-0.15, -0.1) is 0 Å². The van der Waals surface area contributed by atoms with Gasteiger partial charge in [0.1, 0.15) is 11.6 Å². The third-order valence-corrected chi connectivity index (χ3v) is 4.96. The van der Waals surface area contributed by atoms with Gasteiger partial charge in [0.2, 0.25) is 10.0 Å². The van der Waals surface area contributed by atoms with Gasteiger partial charge < -0.3 is 10.1 Å². The maximum Gasteiger partial charge on any atom is 0.232 e. The second-order valence-corrected chi connectivity index (χ2v) is 7.47. The van der Waals surface area contributed by atoms with E-state index in [1.165, 1.54) is 0 Å². The van der Waals surface area contributed by atoms with Crippen molar-refractivity contribution in [3.05, 3.63) is 48.7 Å². The second kappa shape index (κ2) is 7.44. The number of benzene rings is 1. The summed E-state index contributed by atoms with van der Waals surface area (Å²) in [5.41, 5.74) is 2.20. The van der Waals surface area contributed by atoms with E-state index in [1.807, 2.05) is 18.2 Å². The molecule has 136 valence electrons. The largest absolute Gasteiger partial charge is 0.495 e. The first-order chi connectivity index (χ1) is 12.5. The number of aromatic nitrogens is 3. The molecule has 2 aromatic heterocycles. The Labute approximate surface area is 151 Å². The molecule has 0 saturated carbocycles. The van der Waals surface area contributed by atoms with Crippen LogP contribution >= 0.6 is 0 Å². The number of hydrogen-bond donors (Lipinski definition) is 3. The summed E-state index contributed by atoms with van der Waals surface area (Å²) in [7, 11) is -1.70. The van der Waals surface area contributed by atoms with Crippen LogP contribution in [0.4, 0.5) is 17.3 Å². The van der Waals surface area contributed by atoms with E-state index in [-0.39, 0.29) is 5.75 Å². The fraction of sp³-hybridized carbons (Fsp3) is 0.176. The molecule has 0 fully saturated rings. The monoisotopic (exact) mass is 373 g/mol. The van der Waals surface area contributed by atoms with Gasteiger partial charge in [-0.1, -0.05) is 12.1 Å². The molecule has 3 aromatic rings. The van der Waals surface area contributed by atoms with Crippen LogP contribution < -0.4 is 14.8 Å². The van der Waals surface area contributed by atoms with Crippen molar-refractivity contribution in [2.45, 2.75) is 6.92 Å². The molecule has 3 N–H and O–H groups in total. The van der Waals surface area contributed by atoms with Crippen LogP contribution in [0.2, 0.25) is 0 Å². The number of sulfonamides is 1. The summed E-state index contributed by atoms with van der Waals surface area (Å²) >= 11 is 0. The normalized spacial score (nSPS) is 11.2. The Balaban J connectivity index is 1.70. The number of rotatable bonds is 7. The van der Waals surface area contributed by atoms with Crippen molar-refractivity contribution in [3.63, 3.8) is 0 Å². The lowest BCUT2D eigenvalue weighted by molar-refractivity contribution is 0.413. The first kappa shape index (κ1) is 17.7. The molecule has 8 nitrogen and oxygen atoms in total. The smallest absolute Gasteiger partial charge is 0.232 e. The minimum absolute atomic E-state index is 0.0315. The van der Waals surface area contributed by atoms with Crippen molar-refractivity contribution in [2.24, 2.45) is 0 Å². The SMILES string of the molecule is CCS(=O)(=O)Nc1ccc(-c2cc(Nc3ccc(OC)cn3)n[nH]2)cc1. The summed E-state index contributed by atoms with van der Waals surface area (Å²) in [6, 6.07) is 12.5. The molecular weight excluding hydrogens is 354 g/mol. The highest BCUT2D eigenvalue weighted by Gasteiger charge is 2.08. The molecule has 0 spiro atoms. The van der Waals surface area contributed by atoms with E-state index in [0.29, 0.717) is 23.1 Å². The van der Waals surface area contributed by atoms with E-state index in [2.05, 4.69) is 25.2 Å². The number of nitrogens with zero attached hydrogens (tertiary/aromatic N) is 2. The lowest BCUT2D eigenvalue weighted by Crippen LogP contribution is -2.14. The van der Waals surface area contributed by atoms with Crippen molar-refractivity contribution >= 4 is 27.3 Å². The van der Waals surface area contributed by atoms with E-state index in [1.54, 1.807) is 44.5 Å². The van der Waals surface area contributed by atoms with E-state index in [0.717, 1.165) is 11.3 Å². The van der Waals surface area contributed by atoms with Crippen molar-refractivity contribution in [1.82, 2.24) is 15.2 Å². The molecule has 1 aromatic carbocycles. The summed E-state index contributed by atoms with van der Waals surface area (Å²) in [6.07, 6.45) is 1.62. The number of pyridine rings is 1. The van der Waals surface area contributed by atoms with Crippen LogP contribution in [0.15, 0.2) is 48.7 Å². The first-order valence-electron chi connectivity index (χ1n) is 7.92. The van der Waals surface area contributed by atoms with Gasteiger partial charge in [0.15, 0.2) is 5.82 Å². The lowest BCUT2D eigenvalue weighted by atomic mass is 10.1. The van der Waals surface area contributed by atoms with Crippen LogP contribution in [0.3, 0.4) is 0 Å². The Morgan fingerprint density at radius 1 is 1.12 bits per heavy atom. The summed E-state index contributed by atoms with van der Waals surface area (Å²) in [4.78, 5) is 4.23. The van der Waals surface area contributed by atoms with Gasteiger partial charge in [0, 0.05) is 11.8 Å². The van der Waals surface area contributed by atoms with Gasteiger partial charge in [-0.25, -0.2) is 13.4 Å². The predicted molar refractivity (Wildman–Crippen MR) is 101 cm³/mol. The molecule has 3 rings (SSSR count). The zero-order chi connectivity index (χ0) is 18.6. The minimum atomic E-state index is -3.28. The summed E-state index contributed by atoms with van der Waals surface area (Å²) in [5.74, 6) is 1.97. The van der Waals surface area contributed by atoms with Crippen LogP contribution in [0.25, 0.3) is 11.3 Å². The molecule has 26 heavy (non-hydrogen) atoms. The summed E-state index contributed by atoms with van der Waals surface area (Å²) < 4.78 is 30.8. The molecule has 0 unspecified atom stereocenters. The number of methoxy groups -OCH3 is 1. The highest BCUT2D eigenvalue weighted by Crippen LogP contribution is 2.23. The summed E-state index contributed by atoms with van der Waals surface area (Å²) in [5, 5.41) is 10.2. The number of aromatic amines is 1. The zero-order valence-corrected chi connectivity index (χ0v) is 15.2. The van der Waals surface area contributed by atoms with Gasteiger partial charge in [0.25, 0.3) is 0 Å². The van der Waals surface area contributed by atoms with Gasteiger partial charge in [0.05, 0.1) is 24.8 Å². The summed E-state index contributed by atoms with van der Waals surface area (Å²) in [6.45, 7) is 1.59. The number of hydrogen-bond acceptors (Lipinski definition) is 6. The van der Waals surface area contributed by atoms with Crippen LogP contribution in [0, 0.1) is 0 Å². The Morgan fingerprint density at radius 3 is 2.50 bits per heavy atom. The molecule has 0 aliphatic heterocycles.